The van der Waals surface area contributed by atoms with Crippen LogP contribution in [-0.4, -0.2) is 119 Å². The molecule has 2 heterocycles. The van der Waals surface area contributed by atoms with Gasteiger partial charge in [-0.15, -0.1) is 0 Å². The average molecular weight is 665 g/mol. The smallest absolute Gasteiger partial charge is 0.303 e. The minimum atomic E-state index is -1.60. The Morgan fingerprint density at radius 1 is 0.622 bits per heavy atom. The van der Waals surface area contributed by atoms with Crippen molar-refractivity contribution in [3.63, 3.8) is 0 Å². The predicted molar refractivity (Wildman–Crippen MR) is 152 cm³/mol. The van der Waals surface area contributed by atoms with E-state index in [1.165, 1.54) is 0 Å². The fraction of sp³-hybridized carbons (Fsp3) is 0.786. The number of hydrogen-bond donors (Lipinski definition) is 0. The van der Waals surface area contributed by atoms with Crippen molar-refractivity contribution in [1.82, 2.24) is 0 Å². The first kappa shape index (κ1) is 38.1. The highest BCUT2D eigenvalue weighted by Crippen LogP contribution is 2.33. The summed E-state index contributed by atoms with van der Waals surface area (Å²) >= 11 is 0. The molecule has 2 fully saturated rings. The topological polar surface area (TPSA) is 195 Å². The molecule has 2 saturated heterocycles. The highest BCUT2D eigenvalue weighted by molar-refractivity contribution is 6.76. The monoisotopic (exact) mass is 664 g/mol. The van der Waals surface area contributed by atoms with Gasteiger partial charge in [0.25, 0.3) is 0 Å². The van der Waals surface area contributed by atoms with Crippen molar-refractivity contribution in [3.05, 3.63) is 0 Å². The number of esters is 6. The molecule has 2 aliphatic heterocycles. The molecule has 0 bridgehead atoms. The summed E-state index contributed by atoms with van der Waals surface area (Å²) in [7, 11) is -1.51. The lowest BCUT2D eigenvalue weighted by Crippen LogP contribution is -2.65. The summed E-state index contributed by atoms with van der Waals surface area (Å²) in [5.74, 6) is -4.60. The van der Waals surface area contributed by atoms with Gasteiger partial charge in [-0.2, -0.15) is 0 Å². The second-order valence-corrected chi connectivity index (χ2v) is 17.4. The molecular formula is C28H44O16Si. The van der Waals surface area contributed by atoms with Crippen molar-refractivity contribution in [1.29, 1.82) is 0 Å². The summed E-state index contributed by atoms with van der Waals surface area (Å²) < 4.78 is 56.3. The number of carbonyl (C=O) groups excluding carboxylic acids is 6. The van der Waals surface area contributed by atoms with Gasteiger partial charge in [0.2, 0.25) is 0 Å². The van der Waals surface area contributed by atoms with Crippen LogP contribution in [0.3, 0.4) is 0 Å². The van der Waals surface area contributed by atoms with Crippen molar-refractivity contribution in [2.75, 3.05) is 19.8 Å². The fourth-order valence-corrected chi connectivity index (χ4v) is 5.34. The van der Waals surface area contributed by atoms with E-state index in [0.717, 1.165) is 47.6 Å². The second kappa shape index (κ2) is 17.0. The van der Waals surface area contributed by atoms with Crippen LogP contribution in [0.2, 0.25) is 25.7 Å². The molecule has 9 atom stereocenters. The van der Waals surface area contributed by atoms with Crippen LogP contribution in [0.4, 0.5) is 0 Å². The molecule has 0 aromatic heterocycles. The second-order valence-electron chi connectivity index (χ2n) is 11.8. The molecule has 16 nitrogen and oxygen atoms in total. The third-order valence-electron chi connectivity index (χ3n) is 6.38. The van der Waals surface area contributed by atoms with Gasteiger partial charge in [0.15, 0.2) is 43.1 Å². The summed E-state index contributed by atoms with van der Waals surface area (Å²) in [6, 6.07) is 0.766. The summed E-state index contributed by atoms with van der Waals surface area (Å²) in [4.78, 5) is 72.3. The first-order valence-electron chi connectivity index (χ1n) is 14.4. The van der Waals surface area contributed by atoms with Crippen LogP contribution >= 0.6 is 0 Å². The first-order valence-corrected chi connectivity index (χ1v) is 18.1. The summed E-state index contributed by atoms with van der Waals surface area (Å²) in [5.41, 5.74) is 0. The third kappa shape index (κ3) is 12.7. The largest absolute Gasteiger partial charge is 0.463 e. The maximum Gasteiger partial charge on any atom is 0.303 e. The van der Waals surface area contributed by atoms with E-state index in [9.17, 15) is 28.8 Å². The molecule has 0 spiro atoms. The van der Waals surface area contributed by atoms with Crippen LogP contribution in [0.15, 0.2) is 0 Å². The molecule has 17 heteroatoms. The molecule has 0 aliphatic carbocycles. The van der Waals surface area contributed by atoms with E-state index >= 15 is 0 Å². The van der Waals surface area contributed by atoms with Gasteiger partial charge < -0.3 is 47.4 Å². The molecule has 0 saturated carbocycles. The van der Waals surface area contributed by atoms with E-state index < -0.39 is 106 Å². The van der Waals surface area contributed by atoms with E-state index in [-0.39, 0.29) is 13.2 Å². The quantitative estimate of drug-likeness (QED) is 0.154. The van der Waals surface area contributed by atoms with Gasteiger partial charge in [-0.25, -0.2) is 0 Å². The minimum Gasteiger partial charge on any atom is -0.463 e. The number of rotatable bonds is 13. The van der Waals surface area contributed by atoms with E-state index in [4.69, 9.17) is 47.4 Å². The molecule has 0 aromatic rings. The molecule has 2 rings (SSSR count). The lowest BCUT2D eigenvalue weighted by molar-refractivity contribution is -0.346. The Morgan fingerprint density at radius 2 is 1.09 bits per heavy atom. The Labute approximate surface area is 262 Å². The standard InChI is InChI=1S/C28H44O16Si/c1-14(29)36-12-20-22(38-15(2)30)24(40-17(4)32)26(42-19(6)34)28(43-20)44-21-13-37-27(35-10-11-45(7,8)9)25(41-18(5)33)23(21)39-16(3)31/h20-28H,10-13H2,1-9H3/t20-,21-,22+,23+,24+,25-,26-,27-,28+/m1/s1. The SMILES string of the molecule is CC(=O)OC[C@H]1O[C@@H](O[C@@H]2CO[C@@H](OCC[Si](C)(C)C)[C@H](OC(C)=O)[C@H]2OC(C)=O)[C@H](OC(C)=O)[C@@H](OC(C)=O)[C@H]1OC(C)=O. The highest BCUT2D eigenvalue weighted by atomic mass is 28.3. The van der Waals surface area contributed by atoms with Crippen LogP contribution in [0.25, 0.3) is 0 Å². The molecule has 45 heavy (non-hydrogen) atoms. The molecule has 256 valence electrons. The summed E-state index contributed by atoms with van der Waals surface area (Å²) in [5, 5.41) is 0. The lowest BCUT2D eigenvalue weighted by Gasteiger charge is -2.46. The van der Waals surface area contributed by atoms with Crippen molar-refractivity contribution in [2.24, 2.45) is 0 Å². The highest BCUT2D eigenvalue weighted by Gasteiger charge is 2.55. The van der Waals surface area contributed by atoms with Gasteiger partial charge in [0, 0.05) is 56.2 Å². The van der Waals surface area contributed by atoms with Crippen LogP contribution in [-0.2, 0) is 76.1 Å². The van der Waals surface area contributed by atoms with Gasteiger partial charge in [-0.3, -0.25) is 28.8 Å². The van der Waals surface area contributed by atoms with E-state index in [2.05, 4.69) is 19.6 Å². The Morgan fingerprint density at radius 3 is 1.58 bits per heavy atom. The van der Waals surface area contributed by atoms with Crippen molar-refractivity contribution < 1.29 is 76.1 Å². The summed E-state index contributed by atoms with van der Waals surface area (Å²) in [6.07, 6.45) is -12.2. The van der Waals surface area contributed by atoms with E-state index in [0.29, 0.717) is 0 Å². The van der Waals surface area contributed by atoms with E-state index in [1.54, 1.807) is 0 Å². The molecule has 0 amide bonds. The molecule has 0 aromatic carbocycles. The Balaban J connectivity index is 2.50. The van der Waals surface area contributed by atoms with Crippen LogP contribution in [0.1, 0.15) is 41.5 Å². The maximum atomic E-state index is 12.2. The molecular weight excluding hydrogens is 620 g/mol. The van der Waals surface area contributed by atoms with Crippen LogP contribution < -0.4 is 0 Å². The molecule has 0 unspecified atom stereocenters. The van der Waals surface area contributed by atoms with Crippen molar-refractivity contribution >= 4 is 43.9 Å². The van der Waals surface area contributed by atoms with Gasteiger partial charge in [-0.05, 0) is 6.04 Å². The zero-order chi connectivity index (χ0) is 34.1. The number of ether oxygens (including phenoxy) is 10. The van der Waals surface area contributed by atoms with Gasteiger partial charge in [0.05, 0.1) is 6.61 Å². The molecule has 0 radical (unpaired) electrons. The van der Waals surface area contributed by atoms with E-state index in [1.807, 2.05) is 0 Å². The van der Waals surface area contributed by atoms with Gasteiger partial charge >= 0.3 is 35.8 Å². The molecule has 0 N–H and O–H groups in total. The summed E-state index contributed by atoms with van der Waals surface area (Å²) in [6.45, 7) is 12.7. The molecule has 2 aliphatic rings. The Bertz CT molecular complexity index is 1070. The van der Waals surface area contributed by atoms with Crippen molar-refractivity contribution in [2.45, 2.75) is 123 Å². The van der Waals surface area contributed by atoms with Crippen LogP contribution in [0, 0.1) is 0 Å². The average Bonchev–Trinajstić information content (AvgIpc) is 2.87. The third-order valence-corrected chi connectivity index (χ3v) is 8.08. The lowest BCUT2D eigenvalue weighted by atomic mass is 9.97. The van der Waals surface area contributed by atoms with Gasteiger partial charge in [0.1, 0.15) is 18.8 Å². The normalized spacial score (nSPS) is 29.9. The zero-order valence-electron chi connectivity index (χ0n) is 27.1. The van der Waals surface area contributed by atoms with Crippen LogP contribution in [0.5, 0.6) is 0 Å². The predicted octanol–water partition coefficient (Wildman–Crippen LogP) is 1.03. The number of carbonyl (C=O) groups is 6. The first-order chi connectivity index (χ1) is 20.9. The zero-order valence-corrected chi connectivity index (χ0v) is 28.1. The Kier molecular flexibility index (Phi) is 14.4. The Hall–Kier alpha value is -3.12. The maximum absolute atomic E-state index is 12.2. The minimum absolute atomic E-state index is 0.278. The van der Waals surface area contributed by atoms with Crippen molar-refractivity contribution in [3.8, 4) is 0 Å². The fourth-order valence-electron chi connectivity index (χ4n) is 4.61. The van der Waals surface area contributed by atoms with Gasteiger partial charge in [-0.1, -0.05) is 19.6 Å². The number of hydrogen-bond acceptors (Lipinski definition) is 16.